The summed E-state index contributed by atoms with van der Waals surface area (Å²) >= 11 is 1.37. The van der Waals surface area contributed by atoms with Gasteiger partial charge in [-0.25, -0.2) is 9.59 Å². The van der Waals surface area contributed by atoms with Crippen molar-refractivity contribution in [2.24, 2.45) is 5.92 Å². The first kappa shape index (κ1) is 24.9. The second kappa shape index (κ2) is 9.81. The Morgan fingerprint density at radius 2 is 1.94 bits per heavy atom. The fourth-order valence-corrected chi connectivity index (χ4v) is 6.23. The lowest BCUT2D eigenvalue weighted by Crippen LogP contribution is -2.44. The van der Waals surface area contributed by atoms with Gasteiger partial charge in [-0.2, -0.15) is 0 Å². The molecule has 186 valence electrons. The number of urea groups is 1. The summed E-state index contributed by atoms with van der Waals surface area (Å²) in [7, 11) is 0. The molecular weight excluding hydrogens is 466 g/mol. The van der Waals surface area contributed by atoms with Crippen molar-refractivity contribution in [1.82, 2.24) is 10.2 Å². The Hall–Kier alpha value is -3.20. The van der Waals surface area contributed by atoms with E-state index < -0.39 is 35.9 Å². The zero-order valence-electron chi connectivity index (χ0n) is 20.5. The molecule has 0 unspecified atom stereocenters. The van der Waals surface area contributed by atoms with Gasteiger partial charge in [-0.05, 0) is 56.6 Å². The highest BCUT2D eigenvalue weighted by Crippen LogP contribution is 2.40. The van der Waals surface area contributed by atoms with Crippen molar-refractivity contribution < 1.29 is 23.9 Å². The van der Waals surface area contributed by atoms with E-state index in [1.54, 1.807) is 6.92 Å². The van der Waals surface area contributed by atoms with Crippen molar-refractivity contribution in [2.45, 2.75) is 58.9 Å². The van der Waals surface area contributed by atoms with Gasteiger partial charge in [-0.1, -0.05) is 43.7 Å². The molecule has 0 spiro atoms. The quantitative estimate of drug-likeness (QED) is 0.442. The summed E-state index contributed by atoms with van der Waals surface area (Å²) in [5, 5.41) is 6.00. The molecular formula is C26H31N3O5S. The summed E-state index contributed by atoms with van der Waals surface area (Å²) in [6.45, 7) is 7.46. The highest BCUT2D eigenvalue weighted by atomic mass is 32.1. The Morgan fingerprint density at radius 1 is 1.23 bits per heavy atom. The number of amides is 4. The monoisotopic (exact) mass is 497 g/mol. The predicted molar refractivity (Wildman–Crippen MR) is 133 cm³/mol. The summed E-state index contributed by atoms with van der Waals surface area (Å²) in [6, 6.07) is 6.81. The van der Waals surface area contributed by atoms with Crippen molar-refractivity contribution in [1.29, 1.82) is 0 Å². The van der Waals surface area contributed by atoms with Crippen molar-refractivity contribution in [3.63, 3.8) is 0 Å². The van der Waals surface area contributed by atoms with Gasteiger partial charge in [0.1, 0.15) is 17.1 Å². The molecule has 1 saturated heterocycles. The Morgan fingerprint density at radius 3 is 2.60 bits per heavy atom. The molecule has 1 fully saturated rings. The standard InChI is InChI=1S/C26H31N3O5S/c1-5-26(17-10-7-15(3)8-11-17)24(32)29(25(33)28-26)14-20(30)27-22-21(23(31)34-6-2)18-12-9-16(4)13-19(18)35-22/h7-8,10-11,16H,5-6,9,12-14H2,1-4H3,(H,27,30)(H,28,33)/t16-,26+/m1/s1. The third-order valence-corrected chi connectivity index (χ3v) is 7.97. The first-order chi connectivity index (χ1) is 16.7. The first-order valence-electron chi connectivity index (χ1n) is 12.0. The van der Waals surface area contributed by atoms with E-state index in [1.807, 2.05) is 38.1 Å². The summed E-state index contributed by atoms with van der Waals surface area (Å²) in [5.41, 5.74) is 1.84. The third kappa shape index (κ3) is 4.57. The van der Waals surface area contributed by atoms with E-state index in [-0.39, 0.29) is 6.61 Å². The number of hydrogen-bond acceptors (Lipinski definition) is 6. The molecule has 1 aromatic carbocycles. The Kier molecular flexibility index (Phi) is 6.98. The molecule has 4 rings (SSSR count). The average Bonchev–Trinajstić information content (AvgIpc) is 3.29. The van der Waals surface area contributed by atoms with E-state index in [9.17, 15) is 19.2 Å². The number of carbonyl (C=O) groups is 4. The lowest BCUT2D eigenvalue weighted by atomic mass is 9.87. The van der Waals surface area contributed by atoms with E-state index in [0.29, 0.717) is 28.5 Å². The van der Waals surface area contributed by atoms with Crippen LogP contribution in [0.1, 0.15) is 65.5 Å². The number of benzene rings is 1. The highest BCUT2D eigenvalue weighted by Gasteiger charge is 2.51. The molecule has 1 aliphatic heterocycles. The third-order valence-electron chi connectivity index (χ3n) is 6.80. The zero-order chi connectivity index (χ0) is 25.3. The van der Waals surface area contributed by atoms with E-state index in [4.69, 9.17) is 4.74 Å². The van der Waals surface area contributed by atoms with Crippen molar-refractivity contribution in [3.8, 4) is 0 Å². The number of anilines is 1. The predicted octanol–water partition coefficient (Wildman–Crippen LogP) is 4.15. The molecule has 0 bridgehead atoms. The first-order valence-corrected chi connectivity index (χ1v) is 12.8. The molecule has 2 N–H and O–H groups in total. The van der Waals surface area contributed by atoms with Crippen LogP contribution in [0, 0.1) is 12.8 Å². The normalized spacial score (nSPS) is 21.5. The zero-order valence-corrected chi connectivity index (χ0v) is 21.3. The van der Waals surface area contributed by atoms with Gasteiger partial charge in [0.2, 0.25) is 5.91 Å². The number of ether oxygens (including phenoxy) is 1. The number of imide groups is 1. The number of nitrogens with zero attached hydrogens (tertiary/aromatic N) is 1. The average molecular weight is 498 g/mol. The Balaban J connectivity index is 1.56. The van der Waals surface area contributed by atoms with Gasteiger partial charge in [-0.3, -0.25) is 14.5 Å². The van der Waals surface area contributed by atoms with E-state index >= 15 is 0 Å². The maximum Gasteiger partial charge on any atom is 0.341 e. The molecule has 1 aromatic heterocycles. The molecule has 9 heteroatoms. The molecule has 8 nitrogen and oxygen atoms in total. The topological polar surface area (TPSA) is 105 Å². The Labute approximate surface area is 209 Å². The van der Waals surface area contributed by atoms with Crippen LogP contribution in [0.2, 0.25) is 0 Å². The molecule has 35 heavy (non-hydrogen) atoms. The lowest BCUT2D eigenvalue weighted by Gasteiger charge is -2.25. The van der Waals surface area contributed by atoms with Gasteiger partial charge < -0.3 is 15.4 Å². The fourth-order valence-electron chi connectivity index (χ4n) is 4.81. The fraction of sp³-hybridized carbons (Fsp3) is 0.462. The summed E-state index contributed by atoms with van der Waals surface area (Å²) in [4.78, 5) is 53.9. The van der Waals surface area contributed by atoms with Gasteiger partial charge in [0.15, 0.2) is 0 Å². The van der Waals surface area contributed by atoms with Gasteiger partial charge >= 0.3 is 12.0 Å². The number of nitrogens with one attached hydrogen (secondary N) is 2. The molecule has 4 amide bonds. The van der Waals surface area contributed by atoms with Crippen LogP contribution in [0.25, 0.3) is 0 Å². The maximum absolute atomic E-state index is 13.4. The smallest absolute Gasteiger partial charge is 0.341 e. The van der Waals surface area contributed by atoms with E-state index in [2.05, 4.69) is 17.6 Å². The summed E-state index contributed by atoms with van der Waals surface area (Å²) < 4.78 is 5.26. The SMILES string of the molecule is CCOC(=O)c1c(NC(=O)CN2C(=O)N[C@@](CC)(c3ccc(C)cc3)C2=O)sc2c1CC[C@@H](C)C2. The van der Waals surface area contributed by atoms with Gasteiger partial charge in [0.25, 0.3) is 5.91 Å². The largest absolute Gasteiger partial charge is 0.462 e. The molecule has 2 aromatic rings. The van der Waals surface area contributed by atoms with Crippen LogP contribution in [-0.4, -0.2) is 41.9 Å². The van der Waals surface area contributed by atoms with E-state index in [0.717, 1.165) is 40.2 Å². The number of hydrogen-bond donors (Lipinski definition) is 2. The second-order valence-corrected chi connectivity index (χ2v) is 10.4. The Bertz CT molecular complexity index is 1170. The maximum atomic E-state index is 13.4. The number of thiophene rings is 1. The van der Waals surface area contributed by atoms with Crippen molar-refractivity contribution in [2.75, 3.05) is 18.5 Å². The minimum Gasteiger partial charge on any atom is -0.462 e. The van der Waals surface area contributed by atoms with Crippen LogP contribution >= 0.6 is 11.3 Å². The molecule has 2 atom stereocenters. The van der Waals surface area contributed by atoms with Gasteiger partial charge in [0, 0.05) is 4.88 Å². The molecule has 2 heterocycles. The molecule has 0 saturated carbocycles. The van der Waals surface area contributed by atoms with Gasteiger partial charge in [-0.15, -0.1) is 11.3 Å². The summed E-state index contributed by atoms with van der Waals surface area (Å²) in [5.74, 6) is -0.973. The molecule has 0 radical (unpaired) electrons. The molecule has 2 aliphatic rings. The van der Waals surface area contributed by atoms with Crippen LogP contribution in [0.15, 0.2) is 24.3 Å². The number of aryl methyl sites for hydroxylation is 1. The van der Waals surface area contributed by atoms with Crippen molar-refractivity contribution >= 4 is 40.2 Å². The van der Waals surface area contributed by atoms with Crippen molar-refractivity contribution in [3.05, 3.63) is 51.4 Å². The van der Waals surface area contributed by atoms with Crippen LogP contribution in [0.3, 0.4) is 0 Å². The molecule has 1 aliphatic carbocycles. The van der Waals surface area contributed by atoms with Crippen LogP contribution < -0.4 is 10.6 Å². The minimum absolute atomic E-state index is 0.230. The van der Waals surface area contributed by atoms with E-state index in [1.165, 1.54) is 11.3 Å². The summed E-state index contributed by atoms with van der Waals surface area (Å²) in [6.07, 6.45) is 2.90. The number of carbonyl (C=O) groups excluding carboxylic acids is 4. The lowest BCUT2D eigenvalue weighted by molar-refractivity contribution is -0.134. The number of rotatable bonds is 7. The van der Waals surface area contributed by atoms with Crippen LogP contribution in [0.4, 0.5) is 9.80 Å². The van der Waals surface area contributed by atoms with Crippen LogP contribution in [0.5, 0.6) is 0 Å². The second-order valence-electron chi connectivity index (χ2n) is 9.27. The number of fused-ring (bicyclic) bond motifs is 1. The number of esters is 1. The van der Waals surface area contributed by atoms with Crippen LogP contribution in [-0.2, 0) is 32.7 Å². The van der Waals surface area contributed by atoms with Gasteiger partial charge in [0.05, 0.1) is 12.2 Å². The highest BCUT2D eigenvalue weighted by molar-refractivity contribution is 7.17. The minimum atomic E-state index is -1.21.